The minimum absolute atomic E-state index is 0.0174. The molecule has 1 fully saturated rings. The van der Waals surface area contributed by atoms with E-state index in [4.69, 9.17) is 9.47 Å². The highest BCUT2D eigenvalue weighted by molar-refractivity contribution is 7.99. The quantitative estimate of drug-likeness (QED) is 0.794. The predicted molar refractivity (Wildman–Crippen MR) is 99.7 cm³/mol. The van der Waals surface area contributed by atoms with Crippen LogP contribution in [-0.4, -0.2) is 46.9 Å². The summed E-state index contributed by atoms with van der Waals surface area (Å²) in [6.45, 7) is 2.37. The zero-order valence-corrected chi connectivity index (χ0v) is 15.8. The Morgan fingerprint density at radius 1 is 1.27 bits per heavy atom. The molecule has 2 aromatic rings. The highest BCUT2D eigenvalue weighted by Gasteiger charge is 2.31. The molecule has 1 unspecified atom stereocenters. The maximum Gasteiger partial charge on any atom is 0.253 e. The number of nitrogens with zero attached hydrogens (tertiary/aromatic N) is 3. The van der Waals surface area contributed by atoms with Crippen LogP contribution in [0.25, 0.3) is 0 Å². The number of benzene rings is 1. The van der Waals surface area contributed by atoms with E-state index in [-0.39, 0.29) is 23.4 Å². The summed E-state index contributed by atoms with van der Waals surface area (Å²) < 4.78 is 12.0. The van der Waals surface area contributed by atoms with Crippen LogP contribution in [0.5, 0.6) is 11.5 Å². The van der Waals surface area contributed by atoms with E-state index >= 15 is 0 Å². The van der Waals surface area contributed by atoms with Crippen LogP contribution in [0.3, 0.4) is 0 Å². The number of hydrogen-bond donors (Lipinski definition) is 0. The molecule has 3 rings (SSSR count). The Labute approximate surface area is 155 Å². The van der Waals surface area contributed by atoms with Gasteiger partial charge in [0.2, 0.25) is 5.91 Å². The van der Waals surface area contributed by atoms with Crippen molar-refractivity contribution in [1.29, 1.82) is 0 Å². The van der Waals surface area contributed by atoms with E-state index < -0.39 is 0 Å². The number of methoxy groups -OCH3 is 2. The first-order valence-electron chi connectivity index (χ1n) is 8.19. The zero-order chi connectivity index (χ0) is 18.7. The summed E-state index contributed by atoms with van der Waals surface area (Å²) in [6.07, 6.45) is 1.42. The Hall–Kier alpha value is -2.48. The molecule has 1 aliphatic rings. The van der Waals surface area contributed by atoms with Crippen LogP contribution in [0.2, 0.25) is 0 Å². The fraction of sp³-hybridized carbons (Fsp3) is 0.389. The minimum atomic E-state index is -0.222. The summed E-state index contributed by atoms with van der Waals surface area (Å²) >= 11 is 1.69. The second kappa shape index (κ2) is 7.82. The monoisotopic (exact) mass is 375 g/mol. The molecule has 1 atom stereocenters. The van der Waals surface area contributed by atoms with Gasteiger partial charge in [-0.05, 0) is 24.6 Å². The molecule has 8 heteroatoms. The number of rotatable bonds is 5. The van der Waals surface area contributed by atoms with Crippen LogP contribution in [0, 0.1) is 6.92 Å². The molecular formula is C18H21N3O4S. The van der Waals surface area contributed by atoms with Crippen molar-refractivity contribution in [3.63, 3.8) is 0 Å². The molecule has 7 nitrogen and oxygen atoms in total. The summed E-state index contributed by atoms with van der Waals surface area (Å²) in [5, 5.41) is -0.114. The summed E-state index contributed by atoms with van der Waals surface area (Å²) in [6, 6.07) is 7.09. The van der Waals surface area contributed by atoms with Crippen molar-refractivity contribution in [2.75, 3.05) is 26.5 Å². The maximum absolute atomic E-state index is 12.8. The summed E-state index contributed by atoms with van der Waals surface area (Å²) in [5.74, 6) is 2.01. The van der Waals surface area contributed by atoms with Gasteiger partial charge in [-0.3, -0.25) is 14.2 Å². The smallest absolute Gasteiger partial charge is 0.253 e. The third-order valence-corrected chi connectivity index (χ3v) is 5.49. The van der Waals surface area contributed by atoms with E-state index in [1.165, 1.54) is 17.0 Å². The molecule has 1 saturated heterocycles. The van der Waals surface area contributed by atoms with Gasteiger partial charge in [0.25, 0.3) is 5.56 Å². The van der Waals surface area contributed by atoms with Crippen molar-refractivity contribution >= 4 is 17.7 Å². The molecule has 1 amide bonds. The van der Waals surface area contributed by atoms with Crippen LogP contribution in [-0.2, 0) is 11.3 Å². The molecule has 0 bridgehead atoms. The maximum atomic E-state index is 12.8. The average Bonchev–Trinajstić information content (AvgIpc) is 3.13. The molecule has 1 aromatic carbocycles. The average molecular weight is 375 g/mol. The molecule has 26 heavy (non-hydrogen) atoms. The third-order valence-electron chi connectivity index (χ3n) is 4.23. The summed E-state index contributed by atoms with van der Waals surface area (Å²) in [4.78, 5) is 30.7. The van der Waals surface area contributed by atoms with Gasteiger partial charge >= 0.3 is 0 Å². The third kappa shape index (κ3) is 3.70. The Morgan fingerprint density at radius 3 is 2.73 bits per heavy atom. The molecule has 1 aliphatic heterocycles. The summed E-state index contributed by atoms with van der Waals surface area (Å²) in [7, 11) is 3.17. The van der Waals surface area contributed by atoms with Crippen LogP contribution in [0.1, 0.15) is 16.6 Å². The lowest BCUT2D eigenvalue weighted by atomic mass is 10.1. The first kappa shape index (κ1) is 18.3. The Bertz CT molecular complexity index is 868. The molecule has 1 aromatic heterocycles. The Kier molecular flexibility index (Phi) is 5.51. The largest absolute Gasteiger partial charge is 0.493 e. The molecule has 0 radical (unpaired) electrons. The van der Waals surface area contributed by atoms with Crippen molar-refractivity contribution < 1.29 is 14.3 Å². The van der Waals surface area contributed by atoms with Gasteiger partial charge < -0.3 is 14.4 Å². The van der Waals surface area contributed by atoms with E-state index in [9.17, 15) is 9.59 Å². The van der Waals surface area contributed by atoms with E-state index in [1.54, 1.807) is 37.8 Å². The van der Waals surface area contributed by atoms with E-state index in [2.05, 4.69) is 4.98 Å². The van der Waals surface area contributed by atoms with Crippen molar-refractivity contribution in [2.24, 2.45) is 0 Å². The fourth-order valence-corrected chi connectivity index (χ4v) is 4.15. The number of hydrogen-bond acceptors (Lipinski definition) is 6. The first-order chi connectivity index (χ1) is 12.5. The van der Waals surface area contributed by atoms with E-state index in [0.717, 1.165) is 11.3 Å². The predicted octanol–water partition coefficient (Wildman–Crippen LogP) is 1.84. The van der Waals surface area contributed by atoms with Crippen LogP contribution < -0.4 is 15.0 Å². The van der Waals surface area contributed by atoms with Crippen molar-refractivity contribution in [3.8, 4) is 11.5 Å². The zero-order valence-electron chi connectivity index (χ0n) is 15.0. The number of ether oxygens (including phenoxy) is 2. The lowest BCUT2D eigenvalue weighted by Crippen LogP contribution is -2.36. The number of thioether (sulfide) groups is 1. The lowest BCUT2D eigenvalue weighted by molar-refractivity contribution is -0.132. The fourth-order valence-electron chi connectivity index (χ4n) is 2.88. The van der Waals surface area contributed by atoms with Gasteiger partial charge in [-0.25, -0.2) is 4.98 Å². The van der Waals surface area contributed by atoms with Gasteiger partial charge in [0, 0.05) is 24.1 Å². The number of aryl methyl sites for hydroxylation is 1. The highest BCUT2D eigenvalue weighted by atomic mass is 32.2. The van der Waals surface area contributed by atoms with E-state index in [0.29, 0.717) is 23.7 Å². The molecule has 2 heterocycles. The molecular weight excluding hydrogens is 354 g/mol. The van der Waals surface area contributed by atoms with Crippen molar-refractivity contribution in [1.82, 2.24) is 14.5 Å². The number of carbonyl (C=O) groups excluding carboxylic acids is 1. The SMILES string of the molecule is COc1ccc(C2SCCN2C(=O)Cn2cnc(C)cc2=O)cc1OC. The normalized spacial score (nSPS) is 16.6. The lowest BCUT2D eigenvalue weighted by Gasteiger charge is -2.25. The van der Waals surface area contributed by atoms with Crippen LogP contribution >= 0.6 is 11.8 Å². The molecule has 138 valence electrons. The highest BCUT2D eigenvalue weighted by Crippen LogP contribution is 2.41. The van der Waals surface area contributed by atoms with Gasteiger partial charge in [0.1, 0.15) is 11.9 Å². The Morgan fingerprint density at radius 2 is 2.04 bits per heavy atom. The second-order valence-corrected chi connectivity index (χ2v) is 7.11. The topological polar surface area (TPSA) is 73.7 Å². The van der Waals surface area contributed by atoms with Gasteiger partial charge in [-0.2, -0.15) is 0 Å². The Balaban J connectivity index is 1.81. The van der Waals surface area contributed by atoms with E-state index in [1.807, 2.05) is 18.2 Å². The van der Waals surface area contributed by atoms with Gasteiger partial charge in [0.15, 0.2) is 11.5 Å². The number of amides is 1. The minimum Gasteiger partial charge on any atom is -0.493 e. The number of carbonyl (C=O) groups is 1. The van der Waals surface area contributed by atoms with Gasteiger partial charge in [-0.15, -0.1) is 11.8 Å². The molecule has 0 saturated carbocycles. The van der Waals surface area contributed by atoms with Crippen LogP contribution in [0.15, 0.2) is 35.4 Å². The molecule has 0 spiro atoms. The van der Waals surface area contributed by atoms with Crippen LogP contribution in [0.4, 0.5) is 0 Å². The summed E-state index contributed by atoms with van der Waals surface area (Å²) in [5.41, 5.74) is 1.38. The first-order valence-corrected chi connectivity index (χ1v) is 9.24. The molecule has 0 N–H and O–H groups in total. The second-order valence-electron chi connectivity index (χ2n) is 5.92. The van der Waals surface area contributed by atoms with Gasteiger partial charge in [-0.1, -0.05) is 6.07 Å². The van der Waals surface area contributed by atoms with Crippen molar-refractivity contribution in [3.05, 3.63) is 52.2 Å². The molecule has 0 aliphatic carbocycles. The van der Waals surface area contributed by atoms with Gasteiger partial charge in [0.05, 0.1) is 20.5 Å². The standard InChI is InChI=1S/C18H21N3O4S/c1-12-8-16(22)20(11-19-12)10-17(23)21-6-7-26-18(21)13-4-5-14(24-2)15(9-13)25-3/h4-5,8-9,11,18H,6-7,10H2,1-3H3. The number of aromatic nitrogens is 2. The van der Waals surface area contributed by atoms with Crippen molar-refractivity contribution in [2.45, 2.75) is 18.8 Å².